The molecule has 4 aromatic rings. The minimum Gasteiger partial charge on any atom is -0.302 e. The molecule has 0 bridgehead atoms. The molecule has 0 aliphatic carbocycles. The molecule has 0 aliphatic rings. The van der Waals surface area contributed by atoms with Gasteiger partial charge in [-0.3, -0.25) is 9.52 Å². The van der Waals surface area contributed by atoms with Gasteiger partial charge < -0.3 is 5.32 Å². The van der Waals surface area contributed by atoms with Crippen molar-refractivity contribution < 1.29 is 26.0 Å². The Hall–Kier alpha value is -2.94. The molecule has 2 N–H and O–H groups in total. The molecule has 0 spiro atoms. The number of aryl methyl sites for hydroxylation is 1. The molecule has 0 atom stereocenters. The monoisotopic (exact) mass is 540 g/mol. The van der Waals surface area contributed by atoms with E-state index >= 15 is 0 Å². The second kappa shape index (κ2) is 9.37. The zero-order chi connectivity index (χ0) is 24.5. The summed E-state index contributed by atoms with van der Waals surface area (Å²) in [5.74, 6) is -0.859. The minimum atomic E-state index is -3.91. The first kappa shape index (κ1) is 24.2. The van der Waals surface area contributed by atoms with Crippen LogP contribution in [-0.2, 0) is 31.1 Å². The number of fused-ring (bicyclic) bond motifs is 1. The Morgan fingerprint density at radius 1 is 1.00 bits per heavy atom. The summed E-state index contributed by atoms with van der Waals surface area (Å²) >= 11 is 2.24. The molecule has 0 aliphatic heterocycles. The van der Waals surface area contributed by atoms with Gasteiger partial charge in [-0.2, -0.15) is 0 Å². The van der Waals surface area contributed by atoms with Crippen LogP contribution in [0.3, 0.4) is 0 Å². The number of anilines is 2. The first-order valence-electron chi connectivity index (χ1n) is 9.63. The number of halogens is 1. The highest BCUT2D eigenvalue weighted by molar-refractivity contribution is 7.93. The lowest BCUT2D eigenvalue weighted by atomic mass is 10.2. The van der Waals surface area contributed by atoms with Gasteiger partial charge in [-0.1, -0.05) is 11.3 Å². The van der Waals surface area contributed by atoms with Crippen LogP contribution in [0.2, 0.25) is 0 Å². The molecule has 0 saturated heterocycles. The summed E-state index contributed by atoms with van der Waals surface area (Å²) in [5.41, 5.74) is 1.10. The Kier molecular flexibility index (Phi) is 6.66. The second-order valence-electron chi connectivity index (χ2n) is 7.17. The summed E-state index contributed by atoms with van der Waals surface area (Å²) in [7, 11) is -7.25. The molecule has 1 amide bonds. The van der Waals surface area contributed by atoms with Crippen molar-refractivity contribution in [1.82, 2.24) is 9.97 Å². The van der Waals surface area contributed by atoms with Crippen LogP contribution in [0.4, 0.5) is 14.7 Å². The predicted octanol–water partition coefficient (Wildman–Crippen LogP) is 3.67. The van der Waals surface area contributed by atoms with Crippen LogP contribution in [0, 0.1) is 5.82 Å². The van der Waals surface area contributed by atoms with Gasteiger partial charge in [0.05, 0.1) is 25.7 Å². The second-order valence-corrected chi connectivity index (χ2v) is 12.8. The highest BCUT2D eigenvalue weighted by Crippen LogP contribution is 2.28. The fourth-order valence-corrected chi connectivity index (χ4v) is 6.51. The van der Waals surface area contributed by atoms with Crippen molar-refractivity contribution in [3.05, 3.63) is 59.4 Å². The lowest BCUT2D eigenvalue weighted by Crippen LogP contribution is -2.13. The Labute approximate surface area is 202 Å². The zero-order valence-electron chi connectivity index (χ0n) is 17.5. The number of nitrogens with zero attached hydrogens (tertiary/aromatic N) is 2. The van der Waals surface area contributed by atoms with Crippen LogP contribution in [0.25, 0.3) is 10.2 Å². The van der Waals surface area contributed by atoms with E-state index in [-0.39, 0.29) is 33.7 Å². The molecule has 9 nitrogen and oxygen atoms in total. The van der Waals surface area contributed by atoms with Crippen LogP contribution in [0.15, 0.2) is 57.6 Å². The maximum Gasteiger partial charge on any atom is 0.263 e. The van der Waals surface area contributed by atoms with Gasteiger partial charge in [0.25, 0.3) is 10.0 Å². The van der Waals surface area contributed by atoms with E-state index in [2.05, 4.69) is 20.0 Å². The smallest absolute Gasteiger partial charge is 0.263 e. The van der Waals surface area contributed by atoms with E-state index in [1.807, 2.05) is 0 Å². The number of nitrogens with one attached hydrogen (secondary N) is 2. The van der Waals surface area contributed by atoms with Crippen LogP contribution in [0.5, 0.6) is 0 Å². The molecule has 0 radical (unpaired) electrons. The third-order valence-electron chi connectivity index (χ3n) is 4.54. The van der Waals surface area contributed by atoms with Gasteiger partial charge in [-0.25, -0.2) is 31.2 Å². The summed E-state index contributed by atoms with van der Waals surface area (Å²) in [6.45, 7) is 0. The van der Waals surface area contributed by atoms with Crippen molar-refractivity contribution in [2.24, 2.45) is 0 Å². The molecule has 4 rings (SSSR count). The maximum atomic E-state index is 13.0. The van der Waals surface area contributed by atoms with Crippen LogP contribution in [-0.4, -0.2) is 39.0 Å². The molecule has 2 aromatic heterocycles. The third kappa shape index (κ3) is 5.75. The quantitative estimate of drug-likeness (QED) is 0.348. The maximum absolute atomic E-state index is 13.0. The van der Waals surface area contributed by atoms with Gasteiger partial charge in [-0.05, 0) is 48.9 Å². The van der Waals surface area contributed by atoms with Crippen molar-refractivity contribution in [3.8, 4) is 0 Å². The summed E-state index contributed by atoms with van der Waals surface area (Å²) in [4.78, 5) is 20.9. The number of amides is 1. The Morgan fingerprint density at radius 3 is 2.41 bits per heavy atom. The number of thiazole rings is 2. The van der Waals surface area contributed by atoms with Gasteiger partial charge in [-0.15, -0.1) is 11.3 Å². The van der Waals surface area contributed by atoms with Gasteiger partial charge in [0, 0.05) is 18.1 Å². The number of hydrogen-bond donors (Lipinski definition) is 2. The normalized spacial score (nSPS) is 12.1. The molecule has 34 heavy (non-hydrogen) atoms. The number of rotatable bonds is 8. The average molecular weight is 541 g/mol. The molecule has 0 saturated carbocycles. The standard InChI is InChI=1S/C20H17FN4O5S4/c1-33(27,28)15-7-8-16-17(10-15)32-19(23-16)24-18(26)9-4-13-11-31-20(22-13)25-34(29,30)14-5-2-12(21)3-6-14/h2-3,5-8,10-11H,4,9H2,1H3,(H,22,25)(H,23,24,26). The molecule has 0 unspecified atom stereocenters. The van der Waals surface area contributed by atoms with E-state index in [0.29, 0.717) is 21.0 Å². The Morgan fingerprint density at radius 2 is 1.71 bits per heavy atom. The number of carbonyl (C=O) groups excluding carboxylic acids is 1. The minimum absolute atomic E-state index is 0.0817. The highest BCUT2D eigenvalue weighted by Gasteiger charge is 2.17. The molecular formula is C20H17FN4O5S4. The number of carbonyl (C=O) groups is 1. The summed E-state index contributed by atoms with van der Waals surface area (Å²) in [6, 6.07) is 8.98. The fourth-order valence-electron chi connectivity index (χ4n) is 2.87. The third-order valence-corrected chi connectivity index (χ3v) is 8.87. The van der Waals surface area contributed by atoms with Crippen molar-refractivity contribution in [1.29, 1.82) is 0 Å². The Bertz CT molecular complexity index is 1580. The Balaban J connectivity index is 1.35. The average Bonchev–Trinajstić information content (AvgIpc) is 3.37. The van der Waals surface area contributed by atoms with Crippen molar-refractivity contribution >= 4 is 68.9 Å². The summed E-state index contributed by atoms with van der Waals surface area (Å²) < 4.78 is 64.1. The molecular weight excluding hydrogens is 524 g/mol. The number of sulfone groups is 1. The van der Waals surface area contributed by atoms with E-state index < -0.39 is 25.7 Å². The molecule has 0 fully saturated rings. The van der Waals surface area contributed by atoms with Gasteiger partial charge in [0.2, 0.25) is 5.91 Å². The predicted molar refractivity (Wildman–Crippen MR) is 129 cm³/mol. The van der Waals surface area contributed by atoms with Crippen molar-refractivity contribution in [3.63, 3.8) is 0 Å². The first-order chi connectivity index (χ1) is 16.0. The molecule has 178 valence electrons. The molecule has 14 heteroatoms. The highest BCUT2D eigenvalue weighted by atomic mass is 32.2. The van der Waals surface area contributed by atoms with Gasteiger partial charge in [0.15, 0.2) is 20.1 Å². The fraction of sp³-hybridized carbons (Fsp3) is 0.150. The topological polar surface area (TPSA) is 135 Å². The lowest BCUT2D eigenvalue weighted by Gasteiger charge is -2.04. The largest absolute Gasteiger partial charge is 0.302 e. The van der Waals surface area contributed by atoms with E-state index in [9.17, 15) is 26.0 Å². The first-order valence-corrected chi connectivity index (χ1v) is 14.7. The number of hydrogen-bond acceptors (Lipinski definition) is 9. The number of aromatic nitrogens is 2. The molecule has 2 aromatic carbocycles. The van der Waals surface area contributed by atoms with E-state index in [1.54, 1.807) is 11.4 Å². The number of sulfonamides is 1. The zero-order valence-corrected chi connectivity index (χ0v) is 20.7. The van der Waals surface area contributed by atoms with E-state index in [1.165, 1.54) is 23.5 Å². The van der Waals surface area contributed by atoms with Crippen molar-refractivity contribution in [2.45, 2.75) is 22.6 Å². The summed E-state index contributed by atoms with van der Waals surface area (Å²) in [6.07, 6.45) is 1.47. The number of benzene rings is 2. The van der Waals surface area contributed by atoms with Crippen LogP contribution < -0.4 is 10.0 Å². The van der Waals surface area contributed by atoms with Crippen LogP contribution in [0.1, 0.15) is 12.1 Å². The van der Waals surface area contributed by atoms with Gasteiger partial charge >= 0.3 is 0 Å². The van der Waals surface area contributed by atoms with Crippen molar-refractivity contribution in [2.75, 3.05) is 16.3 Å². The van der Waals surface area contributed by atoms with Crippen LogP contribution >= 0.6 is 22.7 Å². The van der Waals surface area contributed by atoms with E-state index in [0.717, 1.165) is 41.9 Å². The summed E-state index contributed by atoms with van der Waals surface area (Å²) in [5, 5.41) is 4.80. The lowest BCUT2D eigenvalue weighted by molar-refractivity contribution is -0.116. The SMILES string of the molecule is CS(=O)(=O)c1ccc2nc(NC(=O)CCc3csc(NS(=O)(=O)c4ccc(F)cc4)n3)sc2c1. The van der Waals surface area contributed by atoms with E-state index in [4.69, 9.17) is 0 Å². The van der Waals surface area contributed by atoms with Gasteiger partial charge in [0.1, 0.15) is 5.82 Å². The molecule has 2 heterocycles.